The molecule has 0 aliphatic rings. The zero-order chi connectivity index (χ0) is 19.2. The van der Waals surface area contributed by atoms with Gasteiger partial charge in [-0.2, -0.15) is 4.80 Å². The van der Waals surface area contributed by atoms with Crippen molar-refractivity contribution in [2.75, 3.05) is 20.8 Å². The predicted octanol–water partition coefficient (Wildman–Crippen LogP) is 2.64. The van der Waals surface area contributed by atoms with Gasteiger partial charge in [-0.15, -0.1) is 10.2 Å². The Morgan fingerprint density at radius 2 is 1.78 bits per heavy atom. The van der Waals surface area contributed by atoms with E-state index in [0.717, 1.165) is 11.3 Å². The third-order valence-corrected chi connectivity index (χ3v) is 3.87. The zero-order valence-corrected chi connectivity index (χ0v) is 15.4. The van der Waals surface area contributed by atoms with Crippen LogP contribution in [0.4, 0.5) is 0 Å². The van der Waals surface area contributed by atoms with Crippen molar-refractivity contribution in [2.45, 2.75) is 13.5 Å². The Labute approximate surface area is 156 Å². The number of nitrogens with zero attached hydrogens (tertiary/aromatic N) is 4. The van der Waals surface area contributed by atoms with Gasteiger partial charge < -0.3 is 14.2 Å². The van der Waals surface area contributed by atoms with Gasteiger partial charge in [-0.3, -0.25) is 4.79 Å². The minimum Gasteiger partial charge on any atom is -0.494 e. The number of ketones is 1. The molecule has 27 heavy (non-hydrogen) atoms. The maximum Gasteiger partial charge on any atom is 0.204 e. The monoisotopic (exact) mass is 368 g/mol. The van der Waals surface area contributed by atoms with E-state index < -0.39 is 0 Å². The van der Waals surface area contributed by atoms with Crippen molar-refractivity contribution in [3.8, 4) is 28.6 Å². The number of Topliss-reactive ketones (excluding diaryl/α,β-unsaturated/α-hetero) is 1. The van der Waals surface area contributed by atoms with Gasteiger partial charge in [0.05, 0.1) is 20.8 Å². The smallest absolute Gasteiger partial charge is 0.204 e. The lowest BCUT2D eigenvalue weighted by molar-refractivity contribution is 0.0961. The highest BCUT2D eigenvalue weighted by molar-refractivity contribution is 5.96. The highest BCUT2D eigenvalue weighted by atomic mass is 16.5. The summed E-state index contributed by atoms with van der Waals surface area (Å²) in [5.41, 5.74) is 1.27. The Balaban J connectivity index is 1.72. The van der Waals surface area contributed by atoms with Gasteiger partial charge in [-0.05, 0) is 54.6 Å². The number of hydrogen-bond acceptors (Lipinski definition) is 7. The fraction of sp³-hybridized carbons (Fsp3) is 0.263. The number of carbonyl (C=O) groups is 1. The summed E-state index contributed by atoms with van der Waals surface area (Å²) in [6.45, 7) is 2.50. The second-order valence-corrected chi connectivity index (χ2v) is 5.59. The summed E-state index contributed by atoms with van der Waals surface area (Å²) in [5, 5.41) is 12.2. The molecule has 0 saturated carbocycles. The number of methoxy groups -OCH3 is 2. The van der Waals surface area contributed by atoms with E-state index in [9.17, 15) is 4.79 Å². The number of aromatic nitrogens is 4. The molecule has 0 aliphatic carbocycles. The average molecular weight is 368 g/mol. The molecule has 0 fully saturated rings. The van der Waals surface area contributed by atoms with E-state index >= 15 is 0 Å². The van der Waals surface area contributed by atoms with Crippen LogP contribution in [0.5, 0.6) is 17.2 Å². The second kappa shape index (κ2) is 8.31. The molecule has 0 spiro atoms. The Hall–Kier alpha value is -3.42. The Kier molecular flexibility index (Phi) is 5.65. The summed E-state index contributed by atoms with van der Waals surface area (Å²) in [6.07, 6.45) is 0. The normalized spacial score (nSPS) is 10.5. The minimum absolute atomic E-state index is 0.0283. The number of carbonyl (C=O) groups excluding carboxylic acids is 1. The first-order chi connectivity index (χ1) is 13.1. The molecule has 0 amide bonds. The molecule has 3 aromatic rings. The van der Waals surface area contributed by atoms with Gasteiger partial charge in [0.25, 0.3) is 0 Å². The summed E-state index contributed by atoms with van der Waals surface area (Å²) in [5.74, 6) is 2.11. The van der Waals surface area contributed by atoms with E-state index in [2.05, 4.69) is 15.4 Å². The van der Waals surface area contributed by atoms with Crippen molar-refractivity contribution in [1.29, 1.82) is 0 Å². The first kappa shape index (κ1) is 18.4. The van der Waals surface area contributed by atoms with Gasteiger partial charge in [0.15, 0.2) is 17.3 Å². The molecule has 8 nitrogen and oxygen atoms in total. The Morgan fingerprint density at radius 1 is 1.04 bits per heavy atom. The number of tetrazole rings is 1. The van der Waals surface area contributed by atoms with Crippen molar-refractivity contribution in [3.05, 3.63) is 48.0 Å². The van der Waals surface area contributed by atoms with Gasteiger partial charge in [0.1, 0.15) is 12.3 Å². The van der Waals surface area contributed by atoms with Crippen molar-refractivity contribution in [1.82, 2.24) is 20.2 Å². The number of ether oxygens (including phenoxy) is 3. The number of rotatable bonds is 8. The average Bonchev–Trinajstić information content (AvgIpc) is 3.16. The van der Waals surface area contributed by atoms with Crippen LogP contribution in [0.15, 0.2) is 42.5 Å². The molecule has 2 aromatic carbocycles. The molecule has 0 N–H and O–H groups in total. The summed E-state index contributed by atoms with van der Waals surface area (Å²) in [6, 6.07) is 12.4. The number of hydrogen-bond donors (Lipinski definition) is 0. The van der Waals surface area contributed by atoms with Gasteiger partial charge in [-0.25, -0.2) is 0 Å². The molecule has 1 heterocycles. The van der Waals surface area contributed by atoms with Gasteiger partial charge in [-0.1, -0.05) is 0 Å². The van der Waals surface area contributed by atoms with Crippen molar-refractivity contribution in [3.63, 3.8) is 0 Å². The summed E-state index contributed by atoms with van der Waals surface area (Å²) in [7, 11) is 3.06. The molecular formula is C19H20N4O4. The van der Waals surface area contributed by atoms with E-state index in [4.69, 9.17) is 14.2 Å². The molecular weight excluding hydrogens is 348 g/mol. The molecule has 0 unspecified atom stereocenters. The third kappa shape index (κ3) is 4.22. The van der Waals surface area contributed by atoms with Crippen LogP contribution < -0.4 is 14.2 Å². The molecule has 0 aliphatic heterocycles. The summed E-state index contributed by atoms with van der Waals surface area (Å²) >= 11 is 0. The highest BCUT2D eigenvalue weighted by Gasteiger charge is 2.14. The van der Waals surface area contributed by atoms with E-state index in [0.29, 0.717) is 29.5 Å². The molecule has 0 saturated heterocycles. The van der Waals surface area contributed by atoms with Crippen LogP contribution >= 0.6 is 0 Å². The molecule has 140 valence electrons. The lowest BCUT2D eigenvalue weighted by Gasteiger charge is -2.08. The maximum absolute atomic E-state index is 12.5. The van der Waals surface area contributed by atoms with Gasteiger partial charge in [0.2, 0.25) is 5.82 Å². The Morgan fingerprint density at radius 3 is 2.44 bits per heavy atom. The molecule has 0 radical (unpaired) electrons. The van der Waals surface area contributed by atoms with Crippen LogP contribution in [-0.4, -0.2) is 46.8 Å². The van der Waals surface area contributed by atoms with E-state index in [1.54, 1.807) is 25.3 Å². The first-order valence-electron chi connectivity index (χ1n) is 8.41. The summed E-state index contributed by atoms with van der Waals surface area (Å²) < 4.78 is 15.8. The predicted molar refractivity (Wildman–Crippen MR) is 98.3 cm³/mol. The lowest BCUT2D eigenvalue weighted by atomic mass is 10.1. The van der Waals surface area contributed by atoms with Crippen molar-refractivity contribution >= 4 is 5.78 Å². The van der Waals surface area contributed by atoms with Gasteiger partial charge in [0, 0.05) is 11.1 Å². The quantitative estimate of drug-likeness (QED) is 0.565. The van der Waals surface area contributed by atoms with Crippen LogP contribution in [0, 0.1) is 0 Å². The maximum atomic E-state index is 12.5. The van der Waals surface area contributed by atoms with E-state index in [1.807, 2.05) is 31.2 Å². The lowest BCUT2D eigenvalue weighted by Crippen LogP contribution is -2.13. The van der Waals surface area contributed by atoms with E-state index in [1.165, 1.54) is 11.9 Å². The fourth-order valence-corrected chi connectivity index (χ4v) is 2.52. The van der Waals surface area contributed by atoms with Crippen LogP contribution in [0.25, 0.3) is 11.4 Å². The van der Waals surface area contributed by atoms with Crippen molar-refractivity contribution < 1.29 is 19.0 Å². The van der Waals surface area contributed by atoms with Crippen LogP contribution in [0.2, 0.25) is 0 Å². The second-order valence-electron chi connectivity index (χ2n) is 5.59. The van der Waals surface area contributed by atoms with Crippen molar-refractivity contribution in [2.24, 2.45) is 0 Å². The molecule has 3 rings (SSSR count). The molecule has 0 atom stereocenters. The molecule has 0 bridgehead atoms. The van der Waals surface area contributed by atoms with Crippen LogP contribution in [0.3, 0.4) is 0 Å². The molecule has 8 heteroatoms. The topological polar surface area (TPSA) is 88.4 Å². The fourth-order valence-electron chi connectivity index (χ4n) is 2.52. The standard InChI is InChI=1S/C19H20N4O4/c1-4-27-15-8-5-13(6-9-15)19-20-22-23(21-19)12-16(24)14-7-10-17(25-2)18(11-14)26-3/h5-11H,4,12H2,1-3H3. The summed E-state index contributed by atoms with van der Waals surface area (Å²) in [4.78, 5) is 13.8. The van der Waals surface area contributed by atoms with Crippen LogP contribution in [-0.2, 0) is 6.54 Å². The third-order valence-electron chi connectivity index (χ3n) is 3.87. The minimum atomic E-state index is -0.161. The molecule has 1 aromatic heterocycles. The van der Waals surface area contributed by atoms with E-state index in [-0.39, 0.29) is 12.3 Å². The number of benzene rings is 2. The SMILES string of the molecule is CCOc1ccc(-c2nnn(CC(=O)c3ccc(OC)c(OC)c3)n2)cc1. The largest absolute Gasteiger partial charge is 0.494 e. The first-order valence-corrected chi connectivity index (χ1v) is 8.41. The Bertz CT molecular complexity index is 922. The van der Waals surface area contributed by atoms with Gasteiger partial charge >= 0.3 is 0 Å². The zero-order valence-electron chi connectivity index (χ0n) is 15.4. The van der Waals surface area contributed by atoms with Crippen LogP contribution in [0.1, 0.15) is 17.3 Å². The highest BCUT2D eigenvalue weighted by Crippen LogP contribution is 2.27.